The van der Waals surface area contributed by atoms with Crippen LogP contribution >= 0.6 is 11.6 Å². The fourth-order valence-corrected chi connectivity index (χ4v) is 2.38. The molecule has 1 heterocycles. The van der Waals surface area contributed by atoms with E-state index < -0.39 is 5.97 Å². The SMILES string of the molecule is C=C(NOCC(=O)OCCC1CCCN1)c1ccc(Cl)cc1. The first kappa shape index (κ1) is 16.8. The van der Waals surface area contributed by atoms with E-state index >= 15 is 0 Å². The Labute approximate surface area is 135 Å². The van der Waals surface area contributed by atoms with Crippen LogP contribution in [0.25, 0.3) is 5.70 Å². The number of hydroxylamine groups is 1. The highest BCUT2D eigenvalue weighted by Gasteiger charge is 2.14. The molecule has 1 atom stereocenters. The fraction of sp³-hybridized carbons (Fsp3) is 0.438. The maximum absolute atomic E-state index is 11.5. The summed E-state index contributed by atoms with van der Waals surface area (Å²) in [5.74, 6) is -0.394. The van der Waals surface area contributed by atoms with Gasteiger partial charge in [0.2, 0.25) is 0 Å². The van der Waals surface area contributed by atoms with Gasteiger partial charge >= 0.3 is 5.97 Å². The van der Waals surface area contributed by atoms with Gasteiger partial charge in [-0.1, -0.05) is 30.3 Å². The van der Waals surface area contributed by atoms with Crippen molar-refractivity contribution in [2.75, 3.05) is 19.8 Å². The van der Waals surface area contributed by atoms with Crippen LogP contribution in [-0.4, -0.2) is 31.8 Å². The Morgan fingerprint density at radius 3 is 2.86 bits per heavy atom. The zero-order chi connectivity index (χ0) is 15.8. The quantitative estimate of drug-likeness (QED) is 0.568. The molecule has 1 aliphatic heterocycles. The lowest BCUT2D eigenvalue weighted by atomic mass is 10.2. The molecule has 1 aromatic carbocycles. The van der Waals surface area contributed by atoms with Crippen molar-refractivity contribution < 1.29 is 14.4 Å². The predicted octanol–water partition coefficient (Wildman–Crippen LogP) is 2.52. The molecule has 0 aliphatic carbocycles. The second-order valence-corrected chi connectivity index (χ2v) is 5.62. The highest BCUT2D eigenvalue weighted by molar-refractivity contribution is 6.30. The zero-order valence-corrected chi connectivity index (χ0v) is 13.2. The number of carbonyl (C=O) groups excluding carboxylic acids is 1. The molecule has 1 saturated heterocycles. The first-order valence-corrected chi connectivity index (χ1v) is 7.74. The summed E-state index contributed by atoms with van der Waals surface area (Å²) in [6, 6.07) is 7.61. The van der Waals surface area contributed by atoms with Gasteiger partial charge in [-0.15, -0.1) is 0 Å². The first-order valence-electron chi connectivity index (χ1n) is 7.37. The van der Waals surface area contributed by atoms with E-state index in [1.165, 1.54) is 6.42 Å². The number of nitrogens with one attached hydrogen (secondary N) is 2. The Kier molecular flexibility index (Phi) is 6.71. The predicted molar refractivity (Wildman–Crippen MR) is 86.2 cm³/mol. The van der Waals surface area contributed by atoms with E-state index in [4.69, 9.17) is 21.2 Å². The van der Waals surface area contributed by atoms with Crippen LogP contribution in [0.3, 0.4) is 0 Å². The second-order valence-electron chi connectivity index (χ2n) is 5.18. The topological polar surface area (TPSA) is 59.6 Å². The monoisotopic (exact) mass is 324 g/mol. The molecule has 1 aliphatic rings. The third-order valence-corrected chi connectivity index (χ3v) is 3.72. The normalized spacial score (nSPS) is 17.2. The van der Waals surface area contributed by atoms with Crippen LogP contribution in [0, 0.1) is 0 Å². The molecule has 0 spiro atoms. The summed E-state index contributed by atoms with van der Waals surface area (Å²) in [5.41, 5.74) is 4.02. The van der Waals surface area contributed by atoms with Crippen LogP contribution in [0.4, 0.5) is 0 Å². The summed E-state index contributed by atoms with van der Waals surface area (Å²) in [6.45, 7) is 5.13. The van der Waals surface area contributed by atoms with Crippen LogP contribution in [0.5, 0.6) is 0 Å². The van der Waals surface area contributed by atoms with E-state index in [9.17, 15) is 4.79 Å². The minimum atomic E-state index is -0.394. The lowest BCUT2D eigenvalue weighted by Crippen LogP contribution is -2.25. The summed E-state index contributed by atoms with van der Waals surface area (Å²) in [6.07, 6.45) is 3.19. The number of rotatable bonds is 8. The van der Waals surface area contributed by atoms with E-state index in [0.717, 1.165) is 24.9 Å². The van der Waals surface area contributed by atoms with E-state index in [-0.39, 0.29) is 6.61 Å². The number of halogens is 1. The Balaban J connectivity index is 1.58. The van der Waals surface area contributed by atoms with Crippen LogP contribution in [0.1, 0.15) is 24.8 Å². The van der Waals surface area contributed by atoms with Gasteiger partial charge < -0.3 is 10.1 Å². The molecule has 22 heavy (non-hydrogen) atoms. The molecule has 1 unspecified atom stereocenters. The highest BCUT2D eigenvalue weighted by Crippen LogP contribution is 2.14. The third kappa shape index (κ3) is 5.67. The van der Waals surface area contributed by atoms with Gasteiger partial charge in [-0.25, -0.2) is 4.79 Å². The Morgan fingerprint density at radius 2 is 2.18 bits per heavy atom. The molecule has 5 nitrogen and oxygen atoms in total. The van der Waals surface area contributed by atoms with E-state index in [2.05, 4.69) is 17.4 Å². The number of ether oxygens (including phenoxy) is 1. The summed E-state index contributed by atoms with van der Waals surface area (Å²) in [5, 5.41) is 4.01. The highest BCUT2D eigenvalue weighted by atomic mass is 35.5. The van der Waals surface area contributed by atoms with Gasteiger partial charge in [-0.05, 0) is 43.5 Å². The van der Waals surface area contributed by atoms with Gasteiger partial charge in [0, 0.05) is 11.1 Å². The van der Waals surface area contributed by atoms with Crippen LogP contribution in [0.15, 0.2) is 30.8 Å². The maximum atomic E-state index is 11.5. The van der Waals surface area contributed by atoms with E-state index in [1.807, 2.05) is 12.1 Å². The van der Waals surface area contributed by atoms with Gasteiger partial charge in [-0.2, -0.15) is 0 Å². The standard InChI is InChI=1S/C16H21ClN2O3/c1-12(13-4-6-14(17)7-5-13)19-22-11-16(20)21-10-8-15-3-2-9-18-15/h4-7,15,18-19H,1-3,8-11H2. The molecule has 2 N–H and O–H groups in total. The average molecular weight is 325 g/mol. The number of esters is 1. The average Bonchev–Trinajstić information content (AvgIpc) is 3.01. The molecule has 0 aromatic heterocycles. The summed E-state index contributed by atoms with van der Waals surface area (Å²) in [4.78, 5) is 16.6. The summed E-state index contributed by atoms with van der Waals surface area (Å²) in [7, 11) is 0. The van der Waals surface area contributed by atoms with Crippen LogP contribution in [0.2, 0.25) is 5.02 Å². The van der Waals surface area contributed by atoms with Gasteiger partial charge in [0.1, 0.15) is 0 Å². The Hall–Kier alpha value is -1.56. The van der Waals surface area contributed by atoms with Gasteiger partial charge in [-0.3, -0.25) is 10.3 Å². The molecule has 0 saturated carbocycles. The van der Waals surface area contributed by atoms with Gasteiger partial charge in [0.25, 0.3) is 0 Å². The number of hydrogen-bond acceptors (Lipinski definition) is 5. The molecule has 1 aromatic rings. The molecule has 0 radical (unpaired) electrons. The summed E-state index contributed by atoms with van der Waals surface area (Å²) >= 11 is 5.81. The van der Waals surface area contributed by atoms with E-state index in [0.29, 0.717) is 23.4 Å². The summed E-state index contributed by atoms with van der Waals surface area (Å²) < 4.78 is 5.12. The Morgan fingerprint density at radius 1 is 1.41 bits per heavy atom. The first-order chi connectivity index (χ1) is 10.6. The lowest BCUT2D eigenvalue weighted by Gasteiger charge is -2.11. The maximum Gasteiger partial charge on any atom is 0.334 e. The smallest absolute Gasteiger partial charge is 0.334 e. The van der Waals surface area contributed by atoms with Crippen molar-refractivity contribution in [1.29, 1.82) is 0 Å². The zero-order valence-electron chi connectivity index (χ0n) is 12.4. The molecule has 1 fully saturated rings. The lowest BCUT2D eigenvalue weighted by molar-refractivity contribution is -0.150. The van der Waals surface area contributed by atoms with Crippen molar-refractivity contribution in [1.82, 2.24) is 10.8 Å². The second kappa shape index (κ2) is 8.78. The number of carbonyl (C=O) groups is 1. The van der Waals surface area contributed by atoms with Gasteiger partial charge in [0.15, 0.2) is 6.61 Å². The Bertz CT molecular complexity index is 499. The van der Waals surface area contributed by atoms with Gasteiger partial charge in [0.05, 0.1) is 12.3 Å². The van der Waals surface area contributed by atoms with Crippen LogP contribution < -0.4 is 10.8 Å². The molecule has 0 amide bonds. The van der Waals surface area contributed by atoms with Crippen molar-refractivity contribution in [2.24, 2.45) is 0 Å². The van der Waals surface area contributed by atoms with Crippen molar-refractivity contribution >= 4 is 23.3 Å². The molecule has 6 heteroatoms. The van der Waals surface area contributed by atoms with E-state index in [1.54, 1.807) is 12.1 Å². The molecule has 2 rings (SSSR count). The van der Waals surface area contributed by atoms with Crippen molar-refractivity contribution in [2.45, 2.75) is 25.3 Å². The van der Waals surface area contributed by atoms with Crippen LogP contribution in [-0.2, 0) is 14.4 Å². The molecular formula is C16H21ClN2O3. The number of hydrogen-bond donors (Lipinski definition) is 2. The minimum Gasteiger partial charge on any atom is -0.464 e. The number of benzene rings is 1. The third-order valence-electron chi connectivity index (χ3n) is 3.47. The van der Waals surface area contributed by atoms with Crippen molar-refractivity contribution in [3.8, 4) is 0 Å². The van der Waals surface area contributed by atoms with Crippen molar-refractivity contribution in [3.63, 3.8) is 0 Å². The minimum absolute atomic E-state index is 0.162. The molecule has 0 bridgehead atoms. The largest absolute Gasteiger partial charge is 0.464 e. The molecule has 120 valence electrons. The molecular weight excluding hydrogens is 304 g/mol. The van der Waals surface area contributed by atoms with Crippen molar-refractivity contribution in [3.05, 3.63) is 41.4 Å². The fourth-order valence-electron chi connectivity index (χ4n) is 2.25.